The van der Waals surface area contributed by atoms with E-state index in [0.29, 0.717) is 29.2 Å². The van der Waals surface area contributed by atoms with Crippen LogP contribution in [0, 0.1) is 6.92 Å². The Hall–Kier alpha value is -4.07. The Morgan fingerprint density at radius 2 is 2.10 bits per heavy atom. The number of hydrogen-bond donors (Lipinski definition) is 2. The quantitative estimate of drug-likeness (QED) is 0.447. The second-order valence-corrected chi connectivity index (χ2v) is 11.7. The van der Waals surface area contributed by atoms with Crippen molar-refractivity contribution in [3.8, 4) is 17.3 Å². The molecular weight excluding hydrogens is 536 g/mol. The summed E-state index contributed by atoms with van der Waals surface area (Å²) in [7, 11) is -3.64. The Labute approximate surface area is 222 Å². The number of ether oxygens (including phenoxy) is 2. The molecule has 2 amide bonds. The molecule has 0 saturated carbocycles. The van der Waals surface area contributed by atoms with E-state index < -0.39 is 46.0 Å². The van der Waals surface area contributed by atoms with Gasteiger partial charge in [0, 0.05) is 36.9 Å². The molecule has 206 valence electrons. The molecule has 2 aliphatic rings. The maximum absolute atomic E-state index is 13.6. The van der Waals surface area contributed by atoms with E-state index in [2.05, 4.69) is 20.7 Å². The van der Waals surface area contributed by atoms with Crippen LogP contribution in [0.25, 0.3) is 5.82 Å². The summed E-state index contributed by atoms with van der Waals surface area (Å²) in [5.74, 6) is -1.22. The van der Waals surface area contributed by atoms with Gasteiger partial charge in [0.25, 0.3) is 12.3 Å². The highest BCUT2D eigenvalue weighted by Gasteiger charge is 2.46. The van der Waals surface area contributed by atoms with Crippen molar-refractivity contribution in [1.29, 1.82) is 0 Å². The largest absolute Gasteiger partial charge is 0.493 e. The third kappa shape index (κ3) is 5.41. The number of carbonyl (C=O) groups excluding carboxylic acids is 2. The molecule has 2 N–H and O–H groups in total. The predicted molar refractivity (Wildman–Crippen MR) is 135 cm³/mol. The number of sulfone groups is 1. The van der Waals surface area contributed by atoms with Crippen molar-refractivity contribution in [2.45, 2.75) is 31.7 Å². The Kier molecular flexibility index (Phi) is 6.74. The number of aromatic nitrogens is 3. The fraction of sp³-hybridized carbons (Fsp3) is 0.360. The fourth-order valence-corrected chi connectivity index (χ4v) is 5.31. The highest BCUT2D eigenvalue weighted by atomic mass is 32.2. The van der Waals surface area contributed by atoms with Crippen molar-refractivity contribution in [3.63, 3.8) is 0 Å². The van der Waals surface area contributed by atoms with Gasteiger partial charge in [-0.2, -0.15) is 9.78 Å². The van der Waals surface area contributed by atoms with E-state index >= 15 is 0 Å². The third-order valence-electron chi connectivity index (χ3n) is 6.40. The molecule has 11 nitrogen and oxygen atoms in total. The number of anilines is 1. The van der Waals surface area contributed by atoms with Crippen LogP contribution < -0.4 is 20.1 Å². The lowest BCUT2D eigenvalue weighted by atomic mass is 9.77. The zero-order valence-electron chi connectivity index (χ0n) is 21.0. The standard InChI is InChI=1S/C25H25F2N5O6S/c1-14-3-6-20(28-11-14)32-23(29-21(33)13-39(2,35)36)22-17(31-32)10-25(30-24(22)34)7-8-37-18-9-15(4-5-16(18)25)38-12-19(26)27/h3-6,9,11,19H,7-8,10,12-13H2,1-2H3,(H,29,33)(H,30,34)/t25-/m0/s1. The first-order chi connectivity index (χ1) is 18.4. The summed E-state index contributed by atoms with van der Waals surface area (Å²) < 4.78 is 60.8. The highest BCUT2D eigenvalue weighted by Crippen LogP contribution is 2.44. The van der Waals surface area contributed by atoms with Crippen LogP contribution in [0.5, 0.6) is 11.5 Å². The van der Waals surface area contributed by atoms with Gasteiger partial charge in [0.2, 0.25) is 5.91 Å². The maximum Gasteiger partial charge on any atom is 0.272 e. The van der Waals surface area contributed by atoms with Crippen molar-refractivity contribution < 1.29 is 36.3 Å². The highest BCUT2D eigenvalue weighted by molar-refractivity contribution is 7.91. The SMILES string of the molecule is Cc1ccc(-n2nc3c(c2NC(=O)CS(C)(=O)=O)C(=O)N[C@@]2(CCOc4cc(OCC(F)F)ccc42)C3)nc1. The van der Waals surface area contributed by atoms with Crippen LogP contribution >= 0.6 is 0 Å². The third-order valence-corrected chi connectivity index (χ3v) is 7.19. The summed E-state index contributed by atoms with van der Waals surface area (Å²) in [6.45, 7) is 1.32. The van der Waals surface area contributed by atoms with Crippen molar-refractivity contribution in [2.75, 3.05) is 30.5 Å². The minimum absolute atomic E-state index is 0.00498. The van der Waals surface area contributed by atoms with Gasteiger partial charge in [-0.1, -0.05) is 6.07 Å². The van der Waals surface area contributed by atoms with Crippen LogP contribution in [0.15, 0.2) is 36.5 Å². The van der Waals surface area contributed by atoms with Gasteiger partial charge in [0.05, 0.1) is 17.8 Å². The Morgan fingerprint density at radius 1 is 1.31 bits per heavy atom. The zero-order chi connectivity index (χ0) is 27.9. The van der Waals surface area contributed by atoms with E-state index in [0.717, 1.165) is 11.8 Å². The summed E-state index contributed by atoms with van der Waals surface area (Å²) in [6, 6.07) is 8.15. The van der Waals surface area contributed by atoms with E-state index in [1.807, 2.05) is 6.92 Å². The monoisotopic (exact) mass is 561 g/mol. The van der Waals surface area contributed by atoms with Crippen molar-refractivity contribution >= 4 is 27.5 Å². The van der Waals surface area contributed by atoms with Gasteiger partial charge in [-0.15, -0.1) is 0 Å². The number of rotatable bonds is 7. The average molecular weight is 562 g/mol. The van der Waals surface area contributed by atoms with Gasteiger partial charge in [-0.3, -0.25) is 9.59 Å². The van der Waals surface area contributed by atoms with E-state index in [1.165, 1.54) is 16.8 Å². The van der Waals surface area contributed by atoms with Gasteiger partial charge >= 0.3 is 0 Å². The molecule has 2 aliphatic heterocycles. The Bertz CT molecular complexity index is 1560. The normalized spacial score (nSPS) is 18.2. The number of alkyl halides is 2. The number of benzene rings is 1. The lowest BCUT2D eigenvalue weighted by Crippen LogP contribution is -2.53. The first-order valence-corrected chi connectivity index (χ1v) is 14.0. The van der Waals surface area contributed by atoms with Crippen LogP contribution in [-0.4, -0.2) is 66.6 Å². The number of carbonyl (C=O) groups is 2. The van der Waals surface area contributed by atoms with Crippen molar-refractivity contribution in [2.24, 2.45) is 0 Å². The molecule has 3 aromatic rings. The molecule has 1 aromatic carbocycles. The molecule has 4 heterocycles. The molecule has 0 aliphatic carbocycles. The molecule has 0 unspecified atom stereocenters. The van der Waals surface area contributed by atoms with Crippen LogP contribution in [-0.2, 0) is 26.6 Å². The molecule has 0 saturated heterocycles. The average Bonchev–Trinajstić information content (AvgIpc) is 3.20. The maximum atomic E-state index is 13.6. The smallest absolute Gasteiger partial charge is 0.272 e. The van der Waals surface area contributed by atoms with Crippen LogP contribution in [0.1, 0.15) is 33.6 Å². The first-order valence-electron chi connectivity index (χ1n) is 12.0. The fourth-order valence-electron chi connectivity index (χ4n) is 4.76. The first kappa shape index (κ1) is 26.5. The number of halogens is 2. The zero-order valence-corrected chi connectivity index (χ0v) is 21.8. The molecule has 1 spiro atoms. The predicted octanol–water partition coefficient (Wildman–Crippen LogP) is 2.17. The minimum Gasteiger partial charge on any atom is -0.493 e. The minimum atomic E-state index is -3.64. The Morgan fingerprint density at radius 3 is 2.79 bits per heavy atom. The molecule has 2 aromatic heterocycles. The molecule has 39 heavy (non-hydrogen) atoms. The van der Waals surface area contributed by atoms with E-state index in [4.69, 9.17) is 9.47 Å². The van der Waals surface area contributed by atoms with Crippen molar-refractivity contribution in [1.82, 2.24) is 20.1 Å². The number of nitrogens with zero attached hydrogens (tertiary/aromatic N) is 3. The van der Waals surface area contributed by atoms with Crippen LogP contribution in [0.4, 0.5) is 14.6 Å². The van der Waals surface area contributed by atoms with Gasteiger partial charge in [0.15, 0.2) is 21.5 Å². The van der Waals surface area contributed by atoms with E-state index in [1.54, 1.807) is 24.4 Å². The number of nitrogens with one attached hydrogen (secondary N) is 2. The number of fused-ring (bicyclic) bond motifs is 3. The van der Waals surface area contributed by atoms with Gasteiger partial charge in [-0.05, 0) is 30.7 Å². The number of aryl methyl sites for hydroxylation is 1. The Balaban J connectivity index is 1.55. The summed E-state index contributed by atoms with van der Waals surface area (Å²) in [6.07, 6.45) is 0.518. The second-order valence-electron chi connectivity index (χ2n) is 9.57. The summed E-state index contributed by atoms with van der Waals surface area (Å²) >= 11 is 0. The molecule has 0 radical (unpaired) electrons. The molecular formula is C25H25F2N5O6S. The lowest BCUT2D eigenvalue weighted by Gasteiger charge is -2.41. The van der Waals surface area contributed by atoms with Gasteiger partial charge < -0.3 is 20.1 Å². The number of amides is 2. The summed E-state index contributed by atoms with van der Waals surface area (Å²) in [5, 5.41) is 10.2. The molecule has 0 fully saturated rings. The molecule has 14 heteroatoms. The van der Waals surface area contributed by atoms with Crippen LogP contribution in [0.2, 0.25) is 0 Å². The molecule has 5 rings (SSSR count). The number of hydrogen-bond acceptors (Lipinski definition) is 8. The topological polar surface area (TPSA) is 142 Å². The summed E-state index contributed by atoms with van der Waals surface area (Å²) in [4.78, 5) is 30.5. The summed E-state index contributed by atoms with van der Waals surface area (Å²) in [5.41, 5.74) is 1.04. The molecule has 0 bridgehead atoms. The van der Waals surface area contributed by atoms with Gasteiger partial charge in [-0.25, -0.2) is 22.2 Å². The van der Waals surface area contributed by atoms with Crippen LogP contribution in [0.3, 0.4) is 0 Å². The van der Waals surface area contributed by atoms with Crippen molar-refractivity contribution in [3.05, 3.63) is 58.9 Å². The van der Waals surface area contributed by atoms with E-state index in [-0.39, 0.29) is 30.2 Å². The van der Waals surface area contributed by atoms with E-state index in [9.17, 15) is 26.8 Å². The second kappa shape index (κ2) is 9.91. The molecule has 1 atom stereocenters. The number of pyridine rings is 1. The lowest BCUT2D eigenvalue weighted by molar-refractivity contribution is -0.113. The van der Waals surface area contributed by atoms with Gasteiger partial charge in [0.1, 0.15) is 29.4 Å².